The highest BCUT2D eigenvalue weighted by molar-refractivity contribution is 7.80. The summed E-state index contributed by atoms with van der Waals surface area (Å²) in [6.07, 6.45) is -3.55. The average Bonchev–Trinajstić information content (AvgIpc) is 2.96. The molecule has 0 aliphatic rings. The van der Waals surface area contributed by atoms with Gasteiger partial charge in [0.15, 0.2) is 5.69 Å². The number of alkyl halides is 3. The van der Waals surface area contributed by atoms with Gasteiger partial charge >= 0.3 is 6.18 Å². The second-order valence-electron chi connectivity index (χ2n) is 5.30. The Morgan fingerprint density at radius 3 is 2.33 bits per heavy atom. The molecule has 0 aliphatic heterocycles. The van der Waals surface area contributed by atoms with Crippen LogP contribution < -0.4 is 0 Å². The first-order chi connectivity index (χ1) is 11.3. The van der Waals surface area contributed by atoms with E-state index in [9.17, 15) is 13.2 Å². The molecule has 0 atom stereocenters. The summed E-state index contributed by atoms with van der Waals surface area (Å²) in [5.74, 6) is 0.177. The van der Waals surface area contributed by atoms with Gasteiger partial charge in [0.1, 0.15) is 5.82 Å². The van der Waals surface area contributed by atoms with Gasteiger partial charge in [0.05, 0.1) is 0 Å². The summed E-state index contributed by atoms with van der Waals surface area (Å²) >= 11 is 10.3. The second-order valence-corrected chi connectivity index (χ2v) is 6.22. The van der Waals surface area contributed by atoms with Crippen LogP contribution in [0.25, 0.3) is 17.1 Å². The predicted molar refractivity (Wildman–Crippen MR) is 91.0 cm³/mol. The van der Waals surface area contributed by atoms with Crippen LogP contribution in [0.15, 0.2) is 53.6 Å². The number of halogens is 4. The molecule has 0 saturated heterocycles. The fourth-order valence-electron chi connectivity index (χ4n) is 2.26. The van der Waals surface area contributed by atoms with Crippen molar-refractivity contribution in [1.29, 1.82) is 0 Å². The molecule has 1 aromatic heterocycles. The largest absolute Gasteiger partial charge is 0.434 e. The van der Waals surface area contributed by atoms with E-state index in [0.29, 0.717) is 16.3 Å². The predicted octanol–water partition coefficient (Wildman–Crippen LogP) is 5.81. The third-order valence-corrected chi connectivity index (χ3v) is 4.26. The Bertz CT molecular complexity index is 886. The van der Waals surface area contributed by atoms with E-state index in [2.05, 4.69) is 17.6 Å². The highest BCUT2D eigenvalue weighted by atomic mass is 35.5. The number of hydrogen-bond donors (Lipinski definition) is 1. The maximum Gasteiger partial charge on any atom is 0.434 e. The number of rotatable bonds is 2. The molecule has 2 nitrogen and oxygen atoms in total. The van der Waals surface area contributed by atoms with Gasteiger partial charge in [-0.25, -0.2) is 4.98 Å². The summed E-state index contributed by atoms with van der Waals surface area (Å²) in [5, 5.41) is 0.473. The van der Waals surface area contributed by atoms with Gasteiger partial charge in [0, 0.05) is 27.4 Å². The molecular formula is C17H12ClF3N2S. The minimum atomic E-state index is -4.53. The monoisotopic (exact) mass is 368 g/mol. The van der Waals surface area contributed by atoms with Crippen LogP contribution in [0.2, 0.25) is 5.02 Å². The number of nitrogens with zero attached hydrogens (tertiary/aromatic N) is 2. The van der Waals surface area contributed by atoms with Crippen LogP contribution >= 0.6 is 24.2 Å². The third kappa shape index (κ3) is 3.30. The van der Waals surface area contributed by atoms with E-state index in [1.165, 1.54) is 4.57 Å². The Balaban J connectivity index is 2.21. The number of aryl methyl sites for hydroxylation is 1. The van der Waals surface area contributed by atoms with Crippen molar-refractivity contribution in [2.45, 2.75) is 18.0 Å². The molecule has 3 aromatic rings. The van der Waals surface area contributed by atoms with E-state index in [4.69, 9.17) is 11.6 Å². The molecule has 0 spiro atoms. The summed E-state index contributed by atoms with van der Waals surface area (Å²) in [7, 11) is 0. The average molecular weight is 369 g/mol. The van der Waals surface area contributed by atoms with E-state index in [-0.39, 0.29) is 5.82 Å². The Morgan fingerprint density at radius 1 is 1.08 bits per heavy atom. The highest BCUT2D eigenvalue weighted by Crippen LogP contribution is 2.33. The van der Waals surface area contributed by atoms with Crippen LogP contribution in [0.1, 0.15) is 11.3 Å². The zero-order valence-electron chi connectivity index (χ0n) is 12.5. The molecule has 0 radical (unpaired) electrons. The quantitative estimate of drug-likeness (QED) is 0.565. The SMILES string of the molecule is Cc1ccc(-c2nc(C(F)(F)F)cn2-c2ccc(S)cc2)cc1Cl. The zero-order valence-corrected chi connectivity index (χ0v) is 14.1. The lowest BCUT2D eigenvalue weighted by atomic mass is 10.1. The van der Waals surface area contributed by atoms with Crippen molar-refractivity contribution in [3.05, 3.63) is 64.9 Å². The number of imidazole rings is 1. The first-order valence-electron chi connectivity index (χ1n) is 6.98. The van der Waals surface area contributed by atoms with E-state index >= 15 is 0 Å². The number of hydrogen-bond acceptors (Lipinski definition) is 2. The van der Waals surface area contributed by atoms with Crippen molar-refractivity contribution in [1.82, 2.24) is 9.55 Å². The summed E-state index contributed by atoms with van der Waals surface area (Å²) in [6, 6.07) is 11.8. The normalized spacial score (nSPS) is 11.8. The molecule has 0 aliphatic carbocycles. The van der Waals surface area contributed by atoms with Crippen molar-refractivity contribution >= 4 is 24.2 Å². The smallest absolute Gasteiger partial charge is 0.299 e. The van der Waals surface area contributed by atoms with Crippen LogP contribution in [0.3, 0.4) is 0 Å². The molecule has 124 valence electrons. The van der Waals surface area contributed by atoms with E-state index in [1.807, 2.05) is 6.92 Å². The van der Waals surface area contributed by atoms with Crippen LogP contribution in [-0.4, -0.2) is 9.55 Å². The standard InChI is InChI=1S/C17H12ClF3N2S/c1-10-2-3-11(8-14(10)18)16-22-15(17(19,20)21)9-23(16)12-4-6-13(24)7-5-12/h2-9,24H,1H3. The van der Waals surface area contributed by atoms with Crippen molar-refractivity contribution in [3.63, 3.8) is 0 Å². The van der Waals surface area contributed by atoms with Gasteiger partial charge in [0.2, 0.25) is 0 Å². The maximum atomic E-state index is 13.1. The molecule has 0 fully saturated rings. The van der Waals surface area contributed by atoms with Gasteiger partial charge in [-0.05, 0) is 42.8 Å². The number of thiol groups is 1. The number of benzene rings is 2. The molecule has 3 rings (SSSR count). The lowest BCUT2D eigenvalue weighted by molar-refractivity contribution is -0.140. The third-order valence-electron chi connectivity index (χ3n) is 3.55. The van der Waals surface area contributed by atoms with E-state index in [1.54, 1.807) is 42.5 Å². The second kappa shape index (κ2) is 6.18. The fourth-order valence-corrected chi connectivity index (χ4v) is 2.59. The van der Waals surface area contributed by atoms with Gasteiger partial charge in [-0.3, -0.25) is 4.57 Å². The van der Waals surface area contributed by atoms with Crippen LogP contribution in [-0.2, 0) is 6.18 Å². The van der Waals surface area contributed by atoms with Crippen LogP contribution in [0.5, 0.6) is 0 Å². The first-order valence-corrected chi connectivity index (χ1v) is 7.81. The number of aromatic nitrogens is 2. The molecule has 7 heteroatoms. The summed E-state index contributed by atoms with van der Waals surface area (Å²) in [4.78, 5) is 4.50. The lowest BCUT2D eigenvalue weighted by Crippen LogP contribution is -2.05. The summed E-state index contributed by atoms with van der Waals surface area (Å²) in [6.45, 7) is 1.82. The van der Waals surface area contributed by atoms with Gasteiger partial charge in [-0.2, -0.15) is 13.2 Å². The van der Waals surface area contributed by atoms with Crippen molar-refractivity contribution in [3.8, 4) is 17.1 Å². The molecule has 0 saturated carbocycles. The topological polar surface area (TPSA) is 17.8 Å². The van der Waals surface area contributed by atoms with Crippen molar-refractivity contribution in [2.75, 3.05) is 0 Å². The Hall–Kier alpha value is -1.92. The van der Waals surface area contributed by atoms with Crippen LogP contribution in [0.4, 0.5) is 13.2 Å². The van der Waals surface area contributed by atoms with Crippen LogP contribution in [0, 0.1) is 6.92 Å². The van der Waals surface area contributed by atoms with E-state index in [0.717, 1.165) is 16.7 Å². The highest BCUT2D eigenvalue weighted by Gasteiger charge is 2.35. The zero-order chi connectivity index (χ0) is 17.5. The first kappa shape index (κ1) is 16.9. The van der Waals surface area contributed by atoms with Gasteiger partial charge < -0.3 is 0 Å². The Labute approximate surface area is 147 Å². The maximum absolute atomic E-state index is 13.1. The molecule has 2 aromatic carbocycles. The van der Waals surface area contributed by atoms with E-state index < -0.39 is 11.9 Å². The molecule has 0 N–H and O–H groups in total. The molecular weight excluding hydrogens is 357 g/mol. The minimum absolute atomic E-state index is 0.177. The molecule has 0 bridgehead atoms. The summed E-state index contributed by atoms with van der Waals surface area (Å²) < 4.78 is 40.7. The lowest BCUT2D eigenvalue weighted by Gasteiger charge is -2.09. The van der Waals surface area contributed by atoms with Gasteiger partial charge in [-0.1, -0.05) is 23.7 Å². The fraction of sp³-hybridized carbons (Fsp3) is 0.118. The molecule has 0 unspecified atom stereocenters. The Morgan fingerprint density at radius 2 is 1.75 bits per heavy atom. The van der Waals surface area contributed by atoms with Crippen molar-refractivity contribution in [2.24, 2.45) is 0 Å². The molecule has 24 heavy (non-hydrogen) atoms. The minimum Gasteiger partial charge on any atom is -0.299 e. The molecule has 1 heterocycles. The van der Waals surface area contributed by atoms with Gasteiger partial charge in [0.25, 0.3) is 0 Å². The Kier molecular flexibility index (Phi) is 4.36. The van der Waals surface area contributed by atoms with Gasteiger partial charge in [-0.15, -0.1) is 12.6 Å². The summed E-state index contributed by atoms with van der Waals surface area (Å²) in [5.41, 5.74) is 0.955. The molecule has 0 amide bonds. The van der Waals surface area contributed by atoms with Crippen molar-refractivity contribution < 1.29 is 13.2 Å².